The van der Waals surface area contributed by atoms with Crippen LogP contribution in [0.5, 0.6) is 0 Å². The normalized spacial score (nSPS) is 16.3. The van der Waals surface area contributed by atoms with Gasteiger partial charge in [0.2, 0.25) is 10.0 Å². The Morgan fingerprint density at radius 3 is 2.41 bits per heavy atom. The van der Waals surface area contributed by atoms with E-state index in [2.05, 4.69) is 4.90 Å². The Morgan fingerprint density at radius 2 is 1.69 bits per heavy atom. The van der Waals surface area contributed by atoms with Gasteiger partial charge in [0, 0.05) is 65.2 Å². The highest BCUT2D eigenvalue weighted by Gasteiger charge is 2.28. The molecule has 3 aromatic rings. The third-order valence-electron chi connectivity index (χ3n) is 5.22. The molecule has 2 heterocycles. The van der Waals surface area contributed by atoms with E-state index in [1.165, 1.54) is 16.4 Å². The number of nitrogens with zero attached hydrogens (tertiary/aromatic N) is 2. The molecule has 1 aliphatic heterocycles. The summed E-state index contributed by atoms with van der Waals surface area (Å²) in [5, 5.41) is 3.46. The average Bonchev–Trinajstić information content (AvgIpc) is 3.17. The first kappa shape index (κ1) is 20.5. The molecule has 4 rings (SSSR count). The van der Waals surface area contributed by atoms with Crippen LogP contribution in [0.4, 0.5) is 0 Å². The monoisotopic (exact) mass is 448 g/mol. The van der Waals surface area contributed by atoms with Gasteiger partial charge in [-0.1, -0.05) is 29.8 Å². The lowest BCUT2D eigenvalue weighted by Gasteiger charge is -2.33. The van der Waals surface area contributed by atoms with Crippen molar-refractivity contribution >= 4 is 48.8 Å². The van der Waals surface area contributed by atoms with Crippen LogP contribution in [0.2, 0.25) is 5.02 Å². The van der Waals surface area contributed by atoms with Gasteiger partial charge in [0.25, 0.3) is 0 Å². The van der Waals surface area contributed by atoms with E-state index in [1.807, 2.05) is 29.6 Å². The largest absolute Gasteiger partial charge is 0.300 e. The second-order valence-electron chi connectivity index (χ2n) is 7.02. The minimum Gasteiger partial charge on any atom is -0.300 e. The van der Waals surface area contributed by atoms with Gasteiger partial charge in [0.1, 0.15) is 0 Å². The second kappa shape index (κ2) is 8.53. The lowest BCUT2D eigenvalue weighted by atomic mass is 10.1. The summed E-state index contributed by atoms with van der Waals surface area (Å²) in [5.74, 6) is 0.138. The number of fused-ring (bicyclic) bond motifs is 1. The smallest absolute Gasteiger partial charge is 0.243 e. The maximum atomic E-state index is 12.8. The number of rotatable bonds is 6. The summed E-state index contributed by atoms with van der Waals surface area (Å²) < 4.78 is 28.1. The van der Waals surface area contributed by atoms with Gasteiger partial charge in [-0.25, -0.2) is 8.42 Å². The van der Waals surface area contributed by atoms with Crippen LogP contribution >= 0.6 is 22.9 Å². The highest BCUT2D eigenvalue weighted by molar-refractivity contribution is 7.89. The molecule has 29 heavy (non-hydrogen) atoms. The number of piperazine rings is 1. The summed E-state index contributed by atoms with van der Waals surface area (Å²) >= 11 is 7.44. The van der Waals surface area contributed by atoms with E-state index in [-0.39, 0.29) is 10.7 Å². The first-order chi connectivity index (χ1) is 13.9. The molecule has 0 spiro atoms. The predicted octanol–water partition coefficient (Wildman–Crippen LogP) is 4.13. The lowest BCUT2D eigenvalue weighted by Crippen LogP contribution is -2.48. The number of benzene rings is 2. The minimum atomic E-state index is -3.51. The van der Waals surface area contributed by atoms with Crippen LogP contribution in [0.25, 0.3) is 10.1 Å². The van der Waals surface area contributed by atoms with Gasteiger partial charge in [-0.3, -0.25) is 4.79 Å². The standard InChI is InChI=1S/C21H21ClN2O3S2/c22-16-5-7-17(8-6-16)29(26,27)24-13-11-23(12-14-24)10-9-20(25)19-15-28-21-4-2-1-3-18(19)21/h1-8,15H,9-14H2. The zero-order chi connectivity index (χ0) is 20.4. The Labute approximate surface area is 179 Å². The number of carbonyl (C=O) groups excluding carboxylic acids is 1. The predicted molar refractivity (Wildman–Crippen MR) is 117 cm³/mol. The maximum absolute atomic E-state index is 12.8. The highest BCUT2D eigenvalue weighted by atomic mass is 35.5. The number of carbonyl (C=O) groups is 1. The van der Waals surface area contributed by atoms with Crippen LogP contribution in [0.3, 0.4) is 0 Å². The zero-order valence-electron chi connectivity index (χ0n) is 15.8. The molecule has 1 fully saturated rings. The molecule has 0 amide bonds. The van der Waals surface area contributed by atoms with E-state index in [4.69, 9.17) is 11.6 Å². The molecule has 0 N–H and O–H groups in total. The van der Waals surface area contributed by atoms with E-state index in [0.29, 0.717) is 44.2 Å². The summed E-state index contributed by atoms with van der Waals surface area (Å²) in [7, 11) is -3.51. The molecule has 2 aromatic carbocycles. The molecule has 8 heteroatoms. The summed E-state index contributed by atoms with van der Waals surface area (Å²) in [6, 6.07) is 14.2. The molecule has 0 saturated carbocycles. The molecule has 0 atom stereocenters. The molecular formula is C21H21ClN2O3S2. The Balaban J connectivity index is 1.33. The quantitative estimate of drug-likeness (QED) is 0.532. The molecule has 1 saturated heterocycles. The Kier molecular flexibility index (Phi) is 6.03. The number of hydrogen-bond acceptors (Lipinski definition) is 5. The van der Waals surface area contributed by atoms with Gasteiger partial charge in [-0.15, -0.1) is 11.3 Å². The van der Waals surface area contributed by atoms with E-state index < -0.39 is 10.0 Å². The molecule has 5 nitrogen and oxygen atoms in total. The number of Topliss-reactive ketones (excluding diaryl/α,β-unsaturated/α-hetero) is 1. The van der Waals surface area contributed by atoms with Crippen molar-refractivity contribution in [3.05, 3.63) is 64.5 Å². The highest BCUT2D eigenvalue weighted by Crippen LogP contribution is 2.27. The summed E-state index contributed by atoms with van der Waals surface area (Å²) in [6.45, 7) is 2.70. The van der Waals surface area contributed by atoms with Crippen LogP contribution in [0.15, 0.2) is 58.8 Å². The van der Waals surface area contributed by atoms with E-state index in [0.717, 1.165) is 15.6 Å². The van der Waals surface area contributed by atoms with Gasteiger partial charge in [-0.2, -0.15) is 4.31 Å². The van der Waals surface area contributed by atoms with Gasteiger partial charge in [0.05, 0.1) is 4.90 Å². The molecule has 152 valence electrons. The SMILES string of the molecule is O=C(CCN1CCN(S(=O)(=O)c2ccc(Cl)cc2)CC1)c1csc2ccccc12. The molecule has 1 aliphatic rings. The minimum absolute atomic E-state index is 0.138. The average molecular weight is 449 g/mol. The number of halogens is 1. The second-order valence-corrected chi connectivity index (χ2v) is 10.3. The van der Waals surface area contributed by atoms with Gasteiger partial charge in [0.15, 0.2) is 5.78 Å². The topological polar surface area (TPSA) is 57.7 Å². The lowest BCUT2D eigenvalue weighted by molar-refractivity contribution is 0.0954. The zero-order valence-corrected chi connectivity index (χ0v) is 18.1. The fourth-order valence-electron chi connectivity index (χ4n) is 3.54. The first-order valence-electron chi connectivity index (χ1n) is 9.43. The van der Waals surface area contributed by atoms with Gasteiger partial charge >= 0.3 is 0 Å². The number of ketones is 1. The van der Waals surface area contributed by atoms with Crippen LogP contribution in [0.1, 0.15) is 16.8 Å². The van der Waals surface area contributed by atoms with Crippen LogP contribution in [-0.2, 0) is 10.0 Å². The van der Waals surface area contributed by atoms with Crippen molar-refractivity contribution in [2.45, 2.75) is 11.3 Å². The maximum Gasteiger partial charge on any atom is 0.243 e. The summed E-state index contributed by atoms with van der Waals surface area (Å²) in [6.07, 6.45) is 0.435. The Bertz CT molecular complexity index is 1120. The Morgan fingerprint density at radius 1 is 1.00 bits per heavy atom. The number of hydrogen-bond donors (Lipinski definition) is 0. The summed E-state index contributed by atoms with van der Waals surface area (Å²) in [5.41, 5.74) is 0.787. The molecule has 0 radical (unpaired) electrons. The van der Waals surface area contributed by atoms with Crippen molar-refractivity contribution < 1.29 is 13.2 Å². The van der Waals surface area contributed by atoms with E-state index >= 15 is 0 Å². The number of sulfonamides is 1. The van der Waals surface area contributed by atoms with E-state index in [1.54, 1.807) is 23.5 Å². The van der Waals surface area contributed by atoms with E-state index in [9.17, 15) is 13.2 Å². The molecule has 0 unspecified atom stereocenters. The number of thiophene rings is 1. The van der Waals surface area contributed by atoms with Crippen molar-refractivity contribution in [2.24, 2.45) is 0 Å². The fourth-order valence-corrected chi connectivity index (χ4v) is 6.05. The molecule has 0 bridgehead atoms. The van der Waals surface area contributed by atoms with Gasteiger partial charge in [-0.05, 0) is 30.3 Å². The Hall–Kier alpha value is -1.77. The van der Waals surface area contributed by atoms with Gasteiger partial charge < -0.3 is 4.90 Å². The molecule has 0 aliphatic carbocycles. The van der Waals surface area contributed by atoms with Crippen molar-refractivity contribution in [3.63, 3.8) is 0 Å². The van der Waals surface area contributed by atoms with Crippen molar-refractivity contribution in [3.8, 4) is 0 Å². The molecular weight excluding hydrogens is 428 g/mol. The van der Waals surface area contributed by atoms with Crippen molar-refractivity contribution in [2.75, 3.05) is 32.7 Å². The van der Waals surface area contributed by atoms with Crippen molar-refractivity contribution in [1.82, 2.24) is 9.21 Å². The molecule has 1 aromatic heterocycles. The van der Waals surface area contributed by atoms with Crippen LogP contribution in [0, 0.1) is 0 Å². The fraction of sp³-hybridized carbons (Fsp3) is 0.286. The van der Waals surface area contributed by atoms with Crippen molar-refractivity contribution in [1.29, 1.82) is 0 Å². The third kappa shape index (κ3) is 4.39. The third-order valence-corrected chi connectivity index (χ3v) is 8.35. The van der Waals surface area contributed by atoms with Crippen LogP contribution < -0.4 is 0 Å². The van der Waals surface area contributed by atoms with Crippen LogP contribution in [-0.4, -0.2) is 56.1 Å². The summed E-state index contributed by atoms with van der Waals surface area (Å²) in [4.78, 5) is 15.1. The first-order valence-corrected chi connectivity index (χ1v) is 12.1.